The summed E-state index contributed by atoms with van der Waals surface area (Å²) in [6.45, 7) is 56.0. The van der Waals surface area contributed by atoms with Crippen molar-refractivity contribution in [2.45, 2.75) is 123 Å². The van der Waals surface area contributed by atoms with Crippen molar-refractivity contribution in [3.05, 3.63) is 52.6 Å². The first kappa shape index (κ1) is 63.4. The molecule has 0 aliphatic carbocycles. The van der Waals surface area contributed by atoms with E-state index in [2.05, 4.69) is 133 Å². The maximum atomic E-state index is 7.50. The van der Waals surface area contributed by atoms with E-state index in [-0.39, 0.29) is 55.8 Å². The third-order valence-corrected chi connectivity index (χ3v) is 15.1. The second-order valence-corrected chi connectivity index (χ2v) is 20.2. The van der Waals surface area contributed by atoms with Gasteiger partial charge in [0.25, 0.3) is 0 Å². The van der Waals surface area contributed by atoms with Gasteiger partial charge in [0.2, 0.25) is 0 Å². The fourth-order valence-corrected chi connectivity index (χ4v) is 4.61. The monoisotopic (exact) mass is 696 g/mol. The topological polar surface area (TPSA) is 138 Å². The van der Waals surface area contributed by atoms with Gasteiger partial charge in [-0.25, -0.2) is 0 Å². The Kier molecular flexibility index (Phi) is 60.5. The first-order valence-corrected chi connectivity index (χ1v) is 17.6. The maximum Gasteiger partial charge on any atom is 0 e. The third-order valence-electron chi connectivity index (χ3n) is 6.12. The van der Waals surface area contributed by atoms with E-state index in [9.17, 15) is 0 Å². The van der Waals surface area contributed by atoms with Crippen LogP contribution in [0.2, 0.25) is 36.3 Å². The molecule has 0 aromatic heterocycles. The summed E-state index contributed by atoms with van der Waals surface area (Å²) in [5, 5.41) is 0.301. The predicted molar refractivity (Wildman–Crippen MR) is 150 cm³/mol. The molecule has 0 amide bonds. The molecule has 0 fully saturated rings. The molecule has 0 rings (SSSR count). The van der Waals surface area contributed by atoms with Gasteiger partial charge in [0.1, 0.15) is 6.10 Å². The van der Waals surface area contributed by atoms with Gasteiger partial charge in [-0.3, -0.25) is 0 Å². The average molecular weight is 697 g/mol. The van der Waals surface area contributed by atoms with E-state index < -0.39 is 16.6 Å². The van der Waals surface area contributed by atoms with E-state index in [0.29, 0.717) is 0 Å². The van der Waals surface area contributed by atoms with E-state index in [1.54, 1.807) is 0 Å². The molecule has 0 aromatic carbocycles. The molecule has 41 heavy (non-hydrogen) atoms. The van der Waals surface area contributed by atoms with Crippen LogP contribution in [0.1, 0.15) is 74.1 Å². The van der Waals surface area contributed by atoms with Gasteiger partial charge in [0.05, 0.1) is 6.10 Å². The van der Waals surface area contributed by atoms with Crippen LogP contribution in [-0.2, 0) is 70.3 Å². The van der Waals surface area contributed by atoms with Crippen molar-refractivity contribution in [3.8, 4) is 11.8 Å². The molecule has 2 radical (unpaired) electrons. The number of rotatable bonds is 9. The van der Waals surface area contributed by atoms with Gasteiger partial charge in [-0.2, -0.15) is 0 Å². The quantitative estimate of drug-likeness (QED) is 0.0624. The van der Waals surface area contributed by atoms with Crippen molar-refractivity contribution >= 4 is 16.6 Å². The zero-order valence-corrected chi connectivity index (χ0v) is 30.3. The SMILES string of the molecule is C=CC[C@H](O[Si](C)(C)C(C)(C)C)[C@H](C#CCCCC)O[Si](C)(C)C(C)(C)C.[C-]#[O+].[C-]#[O+].[C-]#[O+].[C-]#[O+].[C-]#[O+].[C-]#[O+].[Co].[Co]. The normalized spacial score (nSPS) is 10.6. The Morgan fingerprint density at radius 2 is 1.02 bits per heavy atom. The van der Waals surface area contributed by atoms with Gasteiger partial charge in [-0.15, -0.1) is 12.5 Å². The second-order valence-electron chi connectivity index (χ2n) is 10.7. The third kappa shape index (κ3) is 33.5. The largest absolute Gasteiger partial charge is 0 e. The van der Waals surface area contributed by atoms with E-state index in [4.69, 9.17) is 36.8 Å². The molecular formula is C29H46Co2O8Si2. The van der Waals surface area contributed by atoms with Crippen LogP contribution in [0.15, 0.2) is 12.7 Å². The minimum Gasteiger partial charge on any atom is 0 e. The van der Waals surface area contributed by atoms with Gasteiger partial charge >= 0.3 is 67.8 Å². The summed E-state index contributed by atoms with van der Waals surface area (Å²) in [5.74, 6) is 6.83. The van der Waals surface area contributed by atoms with Crippen LogP contribution in [-0.4, -0.2) is 28.8 Å². The number of hydrogen-bond acceptors (Lipinski definition) is 2. The fraction of sp³-hybridized carbons (Fsp3) is 0.655. The van der Waals surface area contributed by atoms with Gasteiger partial charge in [-0.1, -0.05) is 66.9 Å². The molecule has 0 aliphatic heterocycles. The molecule has 0 heterocycles. The molecule has 0 bridgehead atoms. The van der Waals surface area contributed by atoms with Crippen molar-refractivity contribution in [3.63, 3.8) is 0 Å². The van der Waals surface area contributed by atoms with Gasteiger partial charge < -0.3 is 8.85 Å². The van der Waals surface area contributed by atoms with E-state index >= 15 is 0 Å². The zero-order chi connectivity index (χ0) is 33.5. The van der Waals surface area contributed by atoms with Crippen LogP contribution >= 0.6 is 0 Å². The zero-order valence-electron chi connectivity index (χ0n) is 26.2. The van der Waals surface area contributed by atoms with Crippen molar-refractivity contribution in [1.82, 2.24) is 0 Å². The van der Waals surface area contributed by atoms with Crippen molar-refractivity contribution in [2.75, 3.05) is 0 Å². The summed E-state index contributed by atoms with van der Waals surface area (Å²) in [5.41, 5.74) is 0. The molecule has 8 nitrogen and oxygen atoms in total. The van der Waals surface area contributed by atoms with Crippen LogP contribution < -0.4 is 0 Å². The molecule has 236 valence electrons. The van der Waals surface area contributed by atoms with Crippen LogP contribution in [0, 0.1) is 51.7 Å². The molecule has 0 spiro atoms. The number of hydrogen-bond donors (Lipinski definition) is 0. The molecule has 0 aromatic rings. The minimum atomic E-state index is -1.95. The summed E-state index contributed by atoms with van der Waals surface area (Å²) in [6, 6.07) is 0. The Bertz CT molecular complexity index is 730. The summed E-state index contributed by atoms with van der Waals surface area (Å²) in [4.78, 5) is 0. The molecule has 0 aliphatic rings. The second kappa shape index (κ2) is 39.1. The Labute approximate surface area is 272 Å². The Morgan fingerprint density at radius 3 is 1.29 bits per heavy atom. The molecular weight excluding hydrogens is 650 g/mol. The number of unbranched alkanes of at least 4 members (excludes halogenated alkanes) is 2. The molecule has 2 atom stereocenters. The van der Waals surface area contributed by atoms with Gasteiger partial charge in [0.15, 0.2) is 16.6 Å². The Balaban J connectivity index is -0.0000000919. The fourth-order valence-electron chi connectivity index (χ4n) is 2.08. The van der Waals surface area contributed by atoms with Gasteiger partial charge in [-0.05, 0) is 49.1 Å². The van der Waals surface area contributed by atoms with Crippen LogP contribution in [0.25, 0.3) is 0 Å². The van der Waals surface area contributed by atoms with Crippen molar-refractivity contribution < 1.29 is 70.3 Å². The van der Waals surface area contributed by atoms with Crippen molar-refractivity contribution in [1.29, 1.82) is 0 Å². The average Bonchev–Trinajstić information content (AvgIpc) is 2.91. The summed E-state index contributed by atoms with van der Waals surface area (Å²) in [6.07, 6.45) is 5.71. The van der Waals surface area contributed by atoms with Gasteiger partial charge in [0, 0.05) is 40.0 Å². The van der Waals surface area contributed by atoms with Crippen LogP contribution in [0.3, 0.4) is 0 Å². The van der Waals surface area contributed by atoms with E-state index in [0.717, 1.165) is 19.3 Å². The minimum absolute atomic E-state index is 0. The smallest absolute Gasteiger partial charge is 0 e. The van der Waals surface area contributed by atoms with Crippen LogP contribution in [0.4, 0.5) is 0 Å². The Morgan fingerprint density at radius 1 is 0.707 bits per heavy atom. The molecule has 12 heteroatoms. The predicted octanol–water partition coefficient (Wildman–Crippen LogP) is 7.31. The summed E-state index contributed by atoms with van der Waals surface area (Å²) >= 11 is 0. The maximum absolute atomic E-state index is 7.50. The van der Waals surface area contributed by atoms with Crippen molar-refractivity contribution in [2.24, 2.45) is 0 Å². The van der Waals surface area contributed by atoms with Crippen LogP contribution in [0.5, 0.6) is 0 Å². The summed E-state index contributed by atoms with van der Waals surface area (Å²) in [7, 11) is -3.87. The Hall–Kier alpha value is -0.893. The summed E-state index contributed by atoms with van der Waals surface area (Å²) < 4.78 is 58.6. The van der Waals surface area contributed by atoms with E-state index in [1.165, 1.54) is 6.42 Å². The first-order chi connectivity index (χ1) is 18.1. The van der Waals surface area contributed by atoms with E-state index in [1.807, 2.05) is 6.08 Å². The molecule has 0 unspecified atom stereocenters. The molecule has 0 saturated carbocycles. The standard InChI is InChI=1S/C23H46O2Si2.6CO.2Co/c1-13-15-16-17-19-21(25-27(11,12)23(6,7)8)20(18-14-2)24-26(9,10)22(3,4)5;6*1-2;;/h14,20-21H,2,13,15-16,18H2,1,3-12H3;;;;;;;;/t20-,21-;;;;;;;;/m0......../s1. The molecule has 0 saturated heterocycles. The molecule has 0 N–H and O–H groups in total. The first-order valence-electron chi connectivity index (χ1n) is 11.8.